The third kappa shape index (κ3) is 4.44. The summed E-state index contributed by atoms with van der Waals surface area (Å²) in [6.07, 6.45) is 0.690. The van der Waals surface area contributed by atoms with Gasteiger partial charge in [-0.05, 0) is 42.2 Å². The van der Waals surface area contributed by atoms with E-state index in [1.807, 2.05) is 37.8 Å². The highest BCUT2D eigenvalue weighted by molar-refractivity contribution is 6.31. The SMILES string of the molecule is CC(C)(C)C(NC(=O)c1cc2cccc(F)c2[nH]1)C(=O)N1CC2CC1CN2C(=O)c1cc2ccc(Cl)cc2[nH]1. The predicted molar refractivity (Wildman–Crippen MR) is 147 cm³/mol. The predicted octanol–water partition coefficient (Wildman–Crippen LogP) is 4.71. The number of carbonyl (C=O) groups excluding carboxylic acids is 3. The number of hydrogen-bond donors (Lipinski definition) is 3. The zero-order valence-corrected chi connectivity index (χ0v) is 22.6. The molecule has 10 heteroatoms. The van der Waals surface area contributed by atoms with Crippen LogP contribution in [0.4, 0.5) is 4.39 Å². The molecule has 2 aromatic carbocycles. The number of amides is 3. The highest BCUT2D eigenvalue weighted by atomic mass is 35.5. The summed E-state index contributed by atoms with van der Waals surface area (Å²) in [5.41, 5.74) is 1.16. The molecule has 6 rings (SSSR count). The number of para-hydroxylation sites is 1. The fraction of sp³-hybridized carbons (Fsp3) is 0.345. The smallest absolute Gasteiger partial charge is 0.270 e. The second-order valence-electron chi connectivity index (χ2n) is 11.6. The van der Waals surface area contributed by atoms with Gasteiger partial charge in [-0.2, -0.15) is 0 Å². The average molecular weight is 550 g/mol. The number of carbonyl (C=O) groups is 3. The van der Waals surface area contributed by atoms with Gasteiger partial charge in [0.25, 0.3) is 11.8 Å². The maximum Gasteiger partial charge on any atom is 0.270 e. The van der Waals surface area contributed by atoms with E-state index >= 15 is 0 Å². The van der Waals surface area contributed by atoms with Crippen molar-refractivity contribution in [2.45, 2.75) is 45.3 Å². The number of H-pyrrole nitrogens is 2. The van der Waals surface area contributed by atoms with E-state index in [2.05, 4.69) is 15.3 Å². The molecule has 3 unspecified atom stereocenters. The van der Waals surface area contributed by atoms with Crippen LogP contribution in [0.15, 0.2) is 48.5 Å². The van der Waals surface area contributed by atoms with Crippen LogP contribution in [0.25, 0.3) is 21.8 Å². The van der Waals surface area contributed by atoms with Crippen LogP contribution in [0, 0.1) is 11.2 Å². The Kier molecular flexibility index (Phi) is 5.95. The Morgan fingerprint density at radius 3 is 2.38 bits per heavy atom. The van der Waals surface area contributed by atoms with Gasteiger partial charge in [-0.1, -0.05) is 50.6 Å². The lowest BCUT2D eigenvalue weighted by Crippen LogP contribution is -2.59. The monoisotopic (exact) mass is 549 g/mol. The van der Waals surface area contributed by atoms with Crippen molar-refractivity contribution in [3.05, 3.63) is 70.8 Å². The van der Waals surface area contributed by atoms with Gasteiger partial charge >= 0.3 is 0 Å². The Labute approximate surface area is 229 Å². The van der Waals surface area contributed by atoms with E-state index in [1.165, 1.54) is 6.07 Å². The van der Waals surface area contributed by atoms with Gasteiger partial charge in [0.05, 0.1) is 17.6 Å². The maximum absolute atomic E-state index is 14.1. The number of benzene rings is 2. The first-order valence-corrected chi connectivity index (χ1v) is 13.4. The number of rotatable bonds is 4. The number of likely N-dealkylation sites (tertiary alicyclic amines) is 2. The lowest BCUT2D eigenvalue weighted by atomic mass is 9.85. The number of fused-ring (bicyclic) bond motifs is 4. The Morgan fingerprint density at radius 2 is 1.69 bits per heavy atom. The Bertz CT molecular complexity index is 1640. The molecule has 0 aliphatic carbocycles. The van der Waals surface area contributed by atoms with Crippen LogP contribution in [0.2, 0.25) is 5.02 Å². The van der Waals surface area contributed by atoms with Crippen LogP contribution in [0.3, 0.4) is 0 Å². The number of aromatic amines is 2. The Balaban J connectivity index is 1.17. The molecule has 0 spiro atoms. The molecular weight excluding hydrogens is 521 g/mol. The van der Waals surface area contributed by atoms with Gasteiger partial charge in [0.15, 0.2) is 0 Å². The number of hydrogen-bond acceptors (Lipinski definition) is 3. The summed E-state index contributed by atoms with van der Waals surface area (Å²) in [7, 11) is 0. The highest BCUT2D eigenvalue weighted by Gasteiger charge is 2.50. The normalized spacial score (nSPS) is 19.7. The number of nitrogens with zero attached hydrogens (tertiary/aromatic N) is 2. The Morgan fingerprint density at radius 1 is 0.974 bits per heavy atom. The van der Waals surface area contributed by atoms with Crippen molar-refractivity contribution in [2.24, 2.45) is 5.41 Å². The standard InChI is InChI=1S/C29H29ClFN5O3/c1-29(2,3)25(34-26(37)22-10-16-5-4-6-20(31)24(16)33-22)28(39)36-14-18-12-19(36)13-35(18)27(38)23-9-15-7-8-17(30)11-21(15)32-23/h4-11,18-19,25,32-33H,12-14H2,1-3H3,(H,34,37). The number of piperazine rings is 1. The van der Waals surface area contributed by atoms with E-state index in [0.717, 1.165) is 10.9 Å². The van der Waals surface area contributed by atoms with E-state index in [4.69, 9.17) is 11.6 Å². The van der Waals surface area contributed by atoms with Crippen LogP contribution < -0.4 is 5.32 Å². The molecule has 2 aliphatic heterocycles. The lowest BCUT2D eigenvalue weighted by Gasteiger charge is -2.39. The van der Waals surface area contributed by atoms with Crippen molar-refractivity contribution in [3.8, 4) is 0 Å². The minimum absolute atomic E-state index is 0.102. The second kappa shape index (κ2) is 9.12. The molecule has 39 heavy (non-hydrogen) atoms. The Hall–Kier alpha value is -3.85. The minimum atomic E-state index is -0.803. The molecule has 4 heterocycles. The molecule has 2 saturated heterocycles. The van der Waals surface area contributed by atoms with E-state index in [9.17, 15) is 18.8 Å². The van der Waals surface area contributed by atoms with Crippen molar-refractivity contribution >= 4 is 51.1 Å². The van der Waals surface area contributed by atoms with Crippen LogP contribution >= 0.6 is 11.6 Å². The average Bonchev–Trinajstić information content (AvgIpc) is 3.67. The summed E-state index contributed by atoms with van der Waals surface area (Å²) in [6.45, 7) is 6.52. The molecule has 3 amide bonds. The molecule has 3 N–H and O–H groups in total. The van der Waals surface area contributed by atoms with E-state index in [-0.39, 0.29) is 35.1 Å². The van der Waals surface area contributed by atoms with Gasteiger partial charge in [-0.15, -0.1) is 0 Å². The van der Waals surface area contributed by atoms with Crippen LogP contribution in [-0.4, -0.2) is 68.7 Å². The molecule has 3 atom stereocenters. The van der Waals surface area contributed by atoms with Gasteiger partial charge in [0, 0.05) is 34.4 Å². The van der Waals surface area contributed by atoms with E-state index in [0.29, 0.717) is 35.6 Å². The van der Waals surface area contributed by atoms with Crippen LogP contribution in [0.1, 0.15) is 48.2 Å². The molecule has 0 radical (unpaired) electrons. The van der Waals surface area contributed by atoms with Crippen molar-refractivity contribution in [3.63, 3.8) is 0 Å². The summed E-state index contributed by atoms with van der Waals surface area (Å²) in [6, 6.07) is 12.4. The second-order valence-corrected chi connectivity index (χ2v) is 12.0. The summed E-state index contributed by atoms with van der Waals surface area (Å²) in [4.78, 5) is 49.9. The molecule has 0 saturated carbocycles. The third-order valence-electron chi connectivity index (χ3n) is 7.84. The van der Waals surface area contributed by atoms with Crippen LogP contribution in [0.5, 0.6) is 0 Å². The molecular formula is C29H29ClFN5O3. The van der Waals surface area contributed by atoms with Crippen molar-refractivity contribution in [2.75, 3.05) is 13.1 Å². The molecule has 202 valence electrons. The van der Waals surface area contributed by atoms with Gasteiger partial charge < -0.3 is 25.1 Å². The van der Waals surface area contributed by atoms with Crippen molar-refractivity contribution in [1.29, 1.82) is 0 Å². The third-order valence-corrected chi connectivity index (χ3v) is 8.07. The highest BCUT2D eigenvalue weighted by Crippen LogP contribution is 2.34. The molecule has 4 aromatic rings. The molecule has 2 aromatic heterocycles. The van der Waals surface area contributed by atoms with E-state index < -0.39 is 23.2 Å². The van der Waals surface area contributed by atoms with Crippen LogP contribution in [-0.2, 0) is 4.79 Å². The number of aromatic nitrogens is 2. The number of nitrogens with one attached hydrogen (secondary N) is 3. The maximum atomic E-state index is 14.1. The largest absolute Gasteiger partial charge is 0.350 e. The van der Waals surface area contributed by atoms with E-state index in [1.54, 1.807) is 35.2 Å². The van der Waals surface area contributed by atoms with Gasteiger partial charge in [-0.25, -0.2) is 4.39 Å². The summed E-state index contributed by atoms with van der Waals surface area (Å²) < 4.78 is 14.1. The lowest BCUT2D eigenvalue weighted by molar-refractivity contribution is -0.138. The summed E-state index contributed by atoms with van der Waals surface area (Å²) in [5.74, 6) is -1.20. The minimum Gasteiger partial charge on any atom is -0.350 e. The van der Waals surface area contributed by atoms with Gasteiger partial charge in [-0.3, -0.25) is 14.4 Å². The zero-order chi connectivity index (χ0) is 27.6. The first-order chi connectivity index (χ1) is 18.5. The fourth-order valence-electron chi connectivity index (χ4n) is 5.82. The topological polar surface area (TPSA) is 101 Å². The first kappa shape index (κ1) is 25.4. The van der Waals surface area contributed by atoms with Crippen molar-refractivity contribution in [1.82, 2.24) is 25.1 Å². The van der Waals surface area contributed by atoms with Crippen molar-refractivity contribution < 1.29 is 18.8 Å². The zero-order valence-electron chi connectivity index (χ0n) is 21.8. The molecule has 2 aliphatic rings. The first-order valence-electron chi connectivity index (χ1n) is 13.0. The fourth-order valence-corrected chi connectivity index (χ4v) is 5.99. The summed E-state index contributed by atoms with van der Waals surface area (Å²) >= 11 is 6.08. The molecule has 2 fully saturated rings. The molecule has 2 bridgehead atoms. The number of halogens is 2. The summed E-state index contributed by atoms with van der Waals surface area (Å²) in [5, 5.41) is 4.97. The molecule has 8 nitrogen and oxygen atoms in total. The van der Waals surface area contributed by atoms with Gasteiger partial charge in [0.2, 0.25) is 5.91 Å². The van der Waals surface area contributed by atoms with Gasteiger partial charge in [0.1, 0.15) is 23.2 Å². The quantitative estimate of drug-likeness (QED) is 0.343.